The van der Waals surface area contributed by atoms with Crippen LogP contribution in [0.1, 0.15) is 34.8 Å². The van der Waals surface area contributed by atoms with E-state index < -0.39 is 0 Å². The first-order valence-corrected chi connectivity index (χ1v) is 15.6. The second kappa shape index (κ2) is 11.8. The lowest BCUT2D eigenvalue weighted by atomic mass is 9.99. The van der Waals surface area contributed by atoms with Crippen LogP contribution in [0.25, 0.3) is 16.9 Å². The molecule has 1 saturated heterocycles. The quantitative estimate of drug-likeness (QED) is 0.319. The highest BCUT2D eigenvalue weighted by atomic mass is 32.2. The Kier molecular flexibility index (Phi) is 7.54. The molecule has 220 valence electrons. The van der Waals surface area contributed by atoms with Crippen molar-refractivity contribution in [1.82, 2.24) is 15.1 Å². The number of thioether (sulfide) groups is 1. The molecule has 43 heavy (non-hydrogen) atoms. The molecule has 0 saturated carbocycles. The maximum Gasteiger partial charge on any atom is 0.240 e. The van der Waals surface area contributed by atoms with E-state index in [1.54, 1.807) is 4.90 Å². The van der Waals surface area contributed by atoms with Gasteiger partial charge in [0.1, 0.15) is 12.4 Å². The van der Waals surface area contributed by atoms with E-state index in [0.717, 1.165) is 46.5 Å². The molecule has 0 bridgehead atoms. The van der Waals surface area contributed by atoms with E-state index in [4.69, 9.17) is 19.3 Å². The first kappa shape index (κ1) is 27.5. The minimum absolute atomic E-state index is 0.00692. The van der Waals surface area contributed by atoms with E-state index in [-0.39, 0.29) is 42.3 Å². The molecule has 2 atom stereocenters. The molecular formula is C33H32N4O5S. The van der Waals surface area contributed by atoms with Gasteiger partial charge in [0.15, 0.2) is 11.5 Å². The van der Waals surface area contributed by atoms with Crippen LogP contribution >= 0.6 is 11.8 Å². The summed E-state index contributed by atoms with van der Waals surface area (Å²) >= 11 is 1.53. The predicted octanol–water partition coefficient (Wildman–Crippen LogP) is 5.04. The number of rotatable bonds is 7. The summed E-state index contributed by atoms with van der Waals surface area (Å²) < 4.78 is 18.8. The molecule has 1 N–H and O–H groups in total. The summed E-state index contributed by atoms with van der Waals surface area (Å²) in [5, 5.41) is 7.92. The number of hydrogen-bond donors (Lipinski definition) is 1. The number of anilines is 1. The van der Waals surface area contributed by atoms with Crippen LogP contribution in [0.5, 0.6) is 11.5 Å². The maximum atomic E-state index is 14.0. The first-order chi connectivity index (χ1) is 21.1. The Bertz CT molecular complexity index is 1670. The van der Waals surface area contributed by atoms with Crippen molar-refractivity contribution in [2.45, 2.75) is 31.1 Å². The lowest BCUT2D eigenvalue weighted by Gasteiger charge is -2.24. The van der Waals surface area contributed by atoms with Crippen molar-refractivity contribution >= 4 is 29.4 Å². The van der Waals surface area contributed by atoms with E-state index in [9.17, 15) is 9.59 Å². The van der Waals surface area contributed by atoms with Crippen molar-refractivity contribution in [3.05, 3.63) is 89.5 Å². The van der Waals surface area contributed by atoms with Crippen molar-refractivity contribution in [2.24, 2.45) is 0 Å². The highest BCUT2D eigenvalue weighted by molar-refractivity contribution is 8.00. The van der Waals surface area contributed by atoms with E-state index in [1.807, 2.05) is 84.4 Å². The second-order valence-corrected chi connectivity index (χ2v) is 12.0. The molecule has 4 heterocycles. The number of nitrogens with zero attached hydrogens (tertiary/aromatic N) is 3. The Morgan fingerprint density at radius 1 is 1.05 bits per heavy atom. The SMILES string of the molecule is Cc1ccccc1-n1nc(-c2ccccc2)c2c1N(CC(=O)NCC1CCCO1)C(=O)CSC2c1ccc2c(c1)OCO2. The number of benzene rings is 3. The molecule has 1 fully saturated rings. The van der Waals surface area contributed by atoms with Gasteiger partial charge in [-0.2, -0.15) is 5.10 Å². The third-order valence-electron chi connectivity index (χ3n) is 8.03. The summed E-state index contributed by atoms with van der Waals surface area (Å²) in [6.07, 6.45) is 1.92. The molecule has 0 aliphatic carbocycles. The van der Waals surface area contributed by atoms with Gasteiger partial charge in [-0.15, -0.1) is 11.8 Å². The second-order valence-electron chi connectivity index (χ2n) is 10.9. The van der Waals surface area contributed by atoms with E-state index in [2.05, 4.69) is 5.32 Å². The Hall–Kier alpha value is -4.28. The Balaban J connectivity index is 1.39. The van der Waals surface area contributed by atoms with E-state index >= 15 is 0 Å². The number of amides is 2. The van der Waals surface area contributed by atoms with Gasteiger partial charge < -0.3 is 19.5 Å². The van der Waals surface area contributed by atoms with Gasteiger partial charge in [0.05, 0.1) is 28.5 Å². The zero-order valence-electron chi connectivity index (χ0n) is 23.8. The summed E-state index contributed by atoms with van der Waals surface area (Å²) in [7, 11) is 0. The number of nitrogens with one attached hydrogen (secondary N) is 1. The number of carbonyl (C=O) groups is 2. The Labute approximate surface area is 254 Å². The van der Waals surface area contributed by atoms with Crippen LogP contribution in [0.4, 0.5) is 5.82 Å². The number of ether oxygens (including phenoxy) is 3. The molecule has 7 rings (SSSR count). The largest absolute Gasteiger partial charge is 0.454 e. The van der Waals surface area contributed by atoms with Gasteiger partial charge in [-0.25, -0.2) is 4.68 Å². The summed E-state index contributed by atoms with van der Waals surface area (Å²) in [4.78, 5) is 28.9. The minimum atomic E-state index is -0.263. The predicted molar refractivity (Wildman–Crippen MR) is 165 cm³/mol. The van der Waals surface area contributed by atoms with Crippen LogP contribution in [-0.4, -0.2) is 59.9 Å². The summed E-state index contributed by atoms with van der Waals surface area (Å²) in [5.41, 5.74) is 5.36. The number of aromatic nitrogens is 2. The summed E-state index contributed by atoms with van der Waals surface area (Å²) in [6.45, 7) is 3.21. The first-order valence-electron chi connectivity index (χ1n) is 14.5. The zero-order chi connectivity index (χ0) is 29.3. The fraction of sp³-hybridized carbons (Fsp3) is 0.303. The molecule has 2 unspecified atom stereocenters. The molecule has 0 radical (unpaired) electrons. The van der Waals surface area contributed by atoms with Gasteiger partial charge in [0.25, 0.3) is 0 Å². The lowest BCUT2D eigenvalue weighted by Crippen LogP contribution is -2.44. The van der Waals surface area contributed by atoms with Gasteiger partial charge >= 0.3 is 0 Å². The number of hydrogen-bond acceptors (Lipinski definition) is 7. The van der Waals surface area contributed by atoms with Gasteiger partial charge in [0, 0.05) is 24.3 Å². The van der Waals surface area contributed by atoms with Gasteiger partial charge in [-0.1, -0.05) is 54.6 Å². The number of aryl methyl sites for hydroxylation is 1. The molecule has 3 aliphatic rings. The number of carbonyl (C=O) groups excluding carboxylic acids is 2. The molecule has 2 amide bonds. The summed E-state index contributed by atoms with van der Waals surface area (Å²) in [5.74, 6) is 1.76. The third-order valence-corrected chi connectivity index (χ3v) is 9.29. The van der Waals surface area contributed by atoms with Gasteiger partial charge in [0.2, 0.25) is 18.6 Å². The maximum absolute atomic E-state index is 14.0. The fourth-order valence-electron chi connectivity index (χ4n) is 5.87. The van der Waals surface area contributed by atoms with Crippen molar-refractivity contribution in [3.8, 4) is 28.4 Å². The normalized spacial score (nSPS) is 19.3. The van der Waals surface area contributed by atoms with Gasteiger partial charge in [-0.3, -0.25) is 14.5 Å². The lowest BCUT2D eigenvalue weighted by molar-refractivity contribution is -0.123. The van der Waals surface area contributed by atoms with Crippen LogP contribution in [0.2, 0.25) is 0 Å². The van der Waals surface area contributed by atoms with Crippen LogP contribution in [0.3, 0.4) is 0 Å². The minimum Gasteiger partial charge on any atom is -0.454 e. The van der Waals surface area contributed by atoms with Crippen molar-refractivity contribution < 1.29 is 23.8 Å². The number of para-hydroxylation sites is 1. The average molecular weight is 597 g/mol. The molecule has 9 nitrogen and oxygen atoms in total. The molecular weight excluding hydrogens is 564 g/mol. The highest BCUT2D eigenvalue weighted by Gasteiger charge is 2.38. The van der Waals surface area contributed by atoms with Crippen molar-refractivity contribution in [1.29, 1.82) is 0 Å². The standard InChI is InChI=1S/C33H32N4O5S/c1-21-8-5-6-12-25(21)37-33-30(31(35-37)22-9-3-2-4-10-22)32(23-13-14-26-27(16-23)42-20-41-26)43-19-29(39)36(33)18-28(38)34-17-24-11-7-15-40-24/h2-6,8-10,12-14,16,24,32H,7,11,15,17-20H2,1H3,(H,34,38). The average Bonchev–Trinajstić information content (AvgIpc) is 3.78. The Morgan fingerprint density at radius 3 is 2.67 bits per heavy atom. The highest BCUT2D eigenvalue weighted by Crippen LogP contribution is 2.50. The molecule has 3 aliphatic heterocycles. The molecule has 1 aromatic heterocycles. The smallest absolute Gasteiger partial charge is 0.240 e. The Morgan fingerprint density at radius 2 is 1.86 bits per heavy atom. The van der Waals surface area contributed by atoms with Crippen LogP contribution in [0, 0.1) is 6.92 Å². The summed E-state index contributed by atoms with van der Waals surface area (Å²) in [6, 6.07) is 23.8. The zero-order valence-corrected chi connectivity index (χ0v) is 24.6. The van der Waals surface area contributed by atoms with Crippen LogP contribution in [0.15, 0.2) is 72.8 Å². The molecule has 10 heteroatoms. The van der Waals surface area contributed by atoms with E-state index in [1.165, 1.54) is 11.8 Å². The van der Waals surface area contributed by atoms with Gasteiger partial charge in [-0.05, 0) is 49.1 Å². The van der Waals surface area contributed by atoms with E-state index in [0.29, 0.717) is 30.5 Å². The van der Waals surface area contributed by atoms with Crippen LogP contribution in [-0.2, 0) is 14.3 Å². The molecule has 3 aromatic carbocycles. The van der Waals surface area contributed by atoms with Crippen LogP contribution < -0.4 is 19.7 Å². The fourth-order valence-corrected chi connectivity index (χ4v) is 7.06. The number of fused-ring (bicyclic) bond motifs is 2. The van der Waals surface area contributed by atoms with Crippen molar-refractivity contribution in [2.75, 3.05) is 37.1 Å². The molecule has 4 aromatic rings. The third kappa shape index (κ3) is 5.36. The monoisotopic (exact) mass is 596 g/mol. The molecule has 0 spiro atoms. The van der Waals surface area contributed by atoms with Crippen molar-refractivity contribution in [3.63, 3.8) is 0 Å². The topological polar surface area (TPSA) is 94.9 Å².